The van der Waals surface area contributed by atoms with Crippen molar-refractivity contribution in [2.45, 2.75) is 46.4 Å². The van der Waals surface area contributed by atoms with Gasteiger partial charge >= 0.3 is 0 Å². The highest BCUT2D eigenvalue weighted by molar-refractivity contribution is 5.40. The molecule has 1 aliphatic heterocycles. The zero-order valence-corrected chi connectivity index (χ0v) is 11.7. The second-order valence-corrected chi connectivity index (χ2v) is 5.52. The molecule has 0 saturated carbocycles. The van der Waals surface area contributed by atoms with Gasteiger partial charge in [-0.1, -0.05) is 6.07 Å². The van der Waals surface area contributed by atoms with Crippen LogP contribution in [0.4, 0.5) is 0 Å². The molecule has 1 aliphatic rings. The van der Waals surface area contributed by atoms with Gasteiger partial charge in [0.1, 0.15) is 5.75 Å². The van der Waals surface area contributed by atoms with Gasteiger partial charge in [0.25, 0.3) is 0 Å². The minimum Gasteiger partial charge on any atom is -0.508 e. The average molecular weight is 249 g/mol. The van der Waals surface area contributed by atoms with E-state index in [-0.39, 0.29) is 12.2 Å². The van der Waals surface area contributed by atoms with Crippen LogP contribution in [0.2, 0.25) is 0 Å². The van der Waals surface area contributed by atoms with Gasteiger partial charge in [-0.2, -0.15) is 0 Å². The molecule has 0 aliphatic carbocycles. The fraction of sp³-hybridized carbons (Fsp3) is 0.600. The molecule has 3 heteroatoms. The predicted octanol–water partition coefficient (Wildman–Crippen LogP) is 2.62. The van der Waals surface area contributed by atoms with E-state index in [0.717, 1.165) is 30.8 Å². The Balaban J connectivity index is 2.11. The SMILES string of the molecule is Cc1cc(O)c(CN2CC(C)OC(C)C2)cc1C. The van der Waals surface area contributed by atoms with Crippen LogP contribution in [0.15, 0.2) is 12.1 Å². The van der Waals surface area contributed by atoms with Gasteiger partial charge in [-0.3, -0.25) is 4.90 Å². The molecule has 0 radical (unpaired) electrons. The monoisotopic (exact) mass is 249 g/mol. The van der Waals surface area contributed by atoms with Gasteiger partial charge in [0, 0.05) is 25.2 Å². The summed E-state index contributed by atoms with van der Waals surface area (Å²) < 4.78 is 5.72. The highest BCUT2D eigenvalue weighted by Gasteiger charge is 2.22. The van der Waals surface area contributed by atoms with Crippen molar-refractivity contribution in [2.75, 3.05) is 13.1 Å². The van der Waals surface area contributed by atoms with Gasteiger partial charge < -0.3 is 9.84 Å². The van der Waals surface area contributed by atoms with Crippen LogP contribution in [0.25, 0.3) is 0 Å². The Morgan fingerprint density at radius 1 is 1.17 bits per heavy atom. The first-order valence-electron chi connectivity index (χ1n) is 6.62. The van der Waals surface area contributed by atoms with Crippen LogP contribution in [0.3, 0.4) is 0 Å². The topological polar surface area (TPSA) is 32.7 Å². The maximum atomic E-state index is 10.0. The maximum absolute atomic E-state index is 10.0. The number of aromatic hydroxyl groups is 1. The number of phenolic OH excluding ortho intramolecular Hbond substituents is 1. The summed E-state index contributed by atoms with van der Waals surface area (Å²) in [6.07, 6.45) is 0.532. The lowest BCUT2D eigenvalue weighted by Crippen LogP contribution is -2.44. The van der Waals surface area contributed by atoms with Gasteiger partial charge in [-0.25, -0.2) is 0 Å². The van der Waals surface area contributed by atoms with E-state index < -0.39 is 0 Å². The van der Waals surface area contributed by atoms with Crippen LogP contribution >= 0.6 is 0 Å². The van der Waals surface area contributed by atoms with E-state index in [0.29, 0.717) is 5.75 Å². The third-order valence-electron chi connectivity index (χ3n) is 3.58. The van der Waals surface area contributed by atoms with Crippen LogP contribution in [-0.4, -0.2) is 35.3 Å². The second-order valence-electron chi connectivity index (χ2n) is 5.52. The number of benzene rings is 1. The van der Waals surface area contributed by atoms with Crippen LogP contribution < -0.4 is 0 Å². The van der Waals surface area contributed by atoms with Crippen molar-refractivity contribution in [3.05, 3.63) is 28.8 Å². The molecule has 0 amide bonds. The van der Waals surface area contributed by atoms with Crippen molar-refractivity contribution in [3.8, 4) is 5.75 Å². The van der Waals surface area contributed by atoms with Gasteiger partial charge in [0.2, 0.25) is 0 Å². The van der Waals surface area contributed by atoms with E-state index in [1.807, 2.05) is 13.0 Å². The minimum atomic E-state index is 0.266. The van der Waals surface area contributed by atoms with Crippen molar-refractivity contribution >= 4 is 0 Å². The van der Waals surface area contributed by atoms with Gasteiger partial charge in [0.05, 0.1) is 12.2 Å². The first-order chi connectivity index (χ1) is 8.45. The van der Waals surface area contributed by atoms with E-state index in [4.69, 9.17) is 4.74 Å². The van der Waals surface area contributed by atoms with E-state index in [1.165, 1.54) is 5.56 Å². The third kappa shape index (κ3) is 3.03. The molecule has 2 rings (SSSR count). The van der Waals surface area contributed by atoms with E-state index >= 15 is 0 Å². The summed E-state index contributed by atoms with van der Waals surface area (Å²) >= 11 is 0. The highest BCUT2D eigenvalue weighted by Crippen LogP contribution is 2.24. The first kappa shape index (κ1) is 13.4. The Kier molecular flexibility index (Phi) is 3.93. The summed E-state index contributed by atoms with van der Waals surface area (Å²) in [6, 6.07) is 3.95. The lowest BCUT2D eigenvalue weighted by Gasteiger charge is -2.35. The van der Waals surface area contributed by atoms with Crippen molar-refractivity contribution in [3.63, 3.8) is 0 Å². The summed E-state index contributed by atoms with van der Waals surface area (Å²) in [6.45, 7) is 11.0. The van der Waals surface area contributed by atoms with Crippen molar-refractivity contribution < 1.29 is 9.84 Å². The molecule has 1 saturated heterocycles. The molecule has 3 nitrogen and oxygen atoms in total. The lowest BCUT2D eigenvalue weighted by atomic mass is 10.0. The second kappa shape index (κ2) is 5.29. The molecule has 2 atom stereocenters. The van der Waals surface area contributed by atoms with E-state index in [9.17, 15) is 5.11 Å². The molecule has 1 N–H and O–H groups in total. The lowest BCUT2D eigenvalue weighted by molar-refractivity contribution is -0.0706. The molecule has 1 aromatic rings. The number of aryl methyl sites for hydroxylation is 2. The molecular formula is C15H23NO2. The molecule has 2 unspecified atom stereocenters. The highest BCUT2D eigenvalue weighted by atomic mass is 16.5. The Morgan fingerprint density at radius 3 is 2.33 bits per heavy atom. The molecule has 0 spiro atoms. The molecule has 100 valence electrons. The fourth-order valence-corrected chi connectivity index (χ4v) is 2.64. The summed E-state index contributed by atoms with van der Waals surface area (Å²) in [5, 5.41) is 10.0. The average Bonchev–Trinajstić information content (AvgIpc) is 2.24. The molecule has 18 heavy (non-hydrogen) atoms. The molecule has 1 heterocycles. The number of morpholine rings is 1. The van der Waals surface area contributed by atoms with Crippen LogP contribution in [0.1, 0.15) is 30.5 Å². The van der Waals surface area contributed by atoms with E-state index in [1.54, 1.807) is 0 Å². The number of nitrogens with zero attached hydrogens (tertiary/aromatic N) is 1. The Hall–Kier alpha value is -1.06. The minimum absolute atomic E-state index is 0.266. The normalized spacial score (nSPS) is 25.3. The summed E-state index contributed by atoms with van der Waals surface area (Å²) in [7, 11) is 0. The van der Waals surface area contributed by atoms with Crippen molar-refractivity contribution in [1.29, 1.82) is 0 Å². The zero-order chi connectivity index (χ0) is 13.3. The maximum Gasteiger partial charge on any atom is 0.120 e. The summed E-state index contributed by atoms with van der Waals surface area (Å²) in [4.78, 5) is 2.35. The first-order valence-corrected chi connectivity index (χ1v) is 6.62. The number of rotatable bonds is 2. The van der Waals surface area contributed by atoms with Crippen LogP contribution in [-0.2, 0) is 11.3 Å². The van der Waals surface area contributed by atoms with E-state index in [2.05, 4.69) is 31.7 Å². The molecule has 0 aromatic heterocycles. The quantitative estimate of drug-likeness (QED) is 0.874. The van der Waals surface area contributed by atoms with Crippen molar-refractivity contribution in [1.82, 2.24) is 4.90 Å². The fourth-order valence-electron chi connectivity index (χ4n) is 2.64. The molecular weight excluding hydrogens is 226 g/mol. The largest absolute Gasteiger partial charge is 0.508 e. The zero-order valence-electron chi connectivity index (χ0n) is 11.7. The molecule has 1 fully saturated rings. The van der Waals surface area contributed by atoms with Crippen LogP contribution in [0, 0.1) is 13.8 Å². The number of hydrogen-bond acceptors (Lipinski definition) is 3. The molecule has 0 bridgehead atoms. The van der Waals surface area contributed by atoms with Gasteiger partial charge in [-0.05, 0) is 44.9 Å². The predicted molar refractivity (Wildman–Crippen MR) is 72.9 cm³/mol. The van der Waals surface area contributed by atoms with Gasteiger partial charge in [0.15, 0.2) is 0 Å². The Labute approximate surface area is 109 Å². The number of ether oxygens (including phenoxy) is 1. The number of phenols is 1. The Bertz CT molecular complexity index is 421. The van der Waals surface area contributed by atoms with Gasteiger partial charge in [-0.15, -0.1) is 0 Å². The standard InChI is InChI=1S/C15H23NO2/c1-10-5-14(15(17)6-11(10)2)9-16-7-12(3)18-13(4)8-16/h5-6,12-13,17H,7-9H2,1-4H3. The summed E-state index contributed by atoms with van der Waals surface area (Å²) in [5.74, 6) is 0.407. The van der Waals surface area contributed by atoms with Crippen LogP contribution in [0.5, 0.6) is 5.75 Å². The smallest absolute Gasteiger partial charge is 0.120 e. The summed E-state index contributed by atoms with van der Waals surface area (Å²) in [5.41, 5.74) is 3.39. The van der Waals surface area contributed by atoms with Crippen molar-refractivity contribution in [2.24, 2.45) is 0 Å². The Morgan fingerprint density at radius 2 is 1.72 bits per heavy atom. The molecule has 1 aromatic carbocycles. The number of hydrogen-bond donors (Lipinski definition) is 1. The third-order valence-corrected chi connectivity index (χ3v) is 3.58.